The number of amides is 1. The summed E-state index contributed by atoms with van der Waals surface area (Å²) in [6.45, 7) is 5.18. The minimum atomic E-state index is -4.24. The van der Waals surface area contributed by atoms with Crippen molar-refractivity contribution in [3.05, 3.63) is 108 Å². The lowest BCUT2D eigenvalue weighted by molar-refractivity contribution is -0.114. The lowest BCUT2D eigenvalue weighted by Crippen LogP contribution is -2.38. The molecular weight excluding hydrogens is 581 g/mol. The van der Waals surface area contributed by atoms with Crippen LogP contribution in [0, 0.1) is 19.7 Å². The van der Waals surface area contributed by atoms with Crippen LogP contribution in [0.3, 0.4) is 0 Å². The second-order valence-electron chi connectivity index (χ2n) is 9.34. The number of ether oxygens (including phenoxy) is 1. The molecular formula is C30H30FN3O6S2. The molecule has 12 heteroatoms. The third-order valence-electron chi connectivity index (χ3n) is 6.29. The monoisotopic (exact) mass is 611 g/mol. The van der Waals surface area contributed by atoms with Gasteiger partial charge in [0.1, 0.15) is 18.1 Å². The zero-order valence-electron chi connectivity index (χ0n) is 23.2. The molecule has 0 radical (unpaired) electrons. The van der Waals surface area contributed by atoms with Gasteiger partial charge in [0.05, 0.1) is 27.8 Å². The summed E-state index contributed by atoms with van der Waals surface area (Å²) in [5, 5.41) is 2.60. The Bertz CT molecular complexity index is 1760. The number of carbonyl (C=O) groups is 1. The quantitative estimate of drug-likeness (QED) is 0.232. The SMILES string of the molecule is CCOc1ccc(S(=O)(=O)N(CC(=O)Nc2ccc(S(=O)(=O)Nc3c(C)cccc3C)cc2)c2ccc(F)cc2)cc1. The molecule has 0 unspecified atom stereocenters. The van der Waals surface area contributed by atoms with Crippen LogP contribution in [-0.2, 0) is 24.8 Å². The molecule has 0 saturated heterocycles. The number of rotatable bonds is 11. The fraction of sp³-hybridized carbons (Fsp3) is 0.167. The second-order valence-corrected chi connectivity index (χ2v) is 12.9. The molecule has 42 heavy (non-hydrogen) atoms. The molecule has 0 aromatic heterocycles. The first kappa shape index (κ1) is 30.5. The average Bonchev–Trinajstić information content (AvgIpc) is 2.95. The summed E-state index contributed by atoms with van der Waals surface area (Å²) in [4.78, 5) is 12.9. The molecule has 0 atom stereocenters. The Morgan fingerprint density at radius 3 is 1.95 bits per heavy atom. The largest absolute Gasteiger partial charge is 0.494 e. The van der Waals surface area contributed by atoms with Crippen LogP contribution in [0.4, 0.5) is 21.5 Å². The Labute approximate surface area is 245 Å². The Kier molecular flexibility index (Phi) is 9.17. The van der Waals surface area contributed by atoms with Gasteiger partial charge in [0.2, 0.25) is 5.91 Å². The highest BCUT2D eigenvalue weighted by molar-refractivity contribution is 7.93. The molecule has 0 fully saturated rings. The molecule has 9 nitrogen and oxygen atoms in total. The van der Waals surface area contributed by atoms with Crippen LogP contribution >= 0.6 is 0 Å². The van der Waals surface area contributed by atoms with E-state index >= 15 is 0 Å². The third-order valence-corrected chi connectivity index (χ3v) is 9.44. The molecule has 0 aliphatic heterocycles. The minimum absolute atomic E-state index is 0.0193. The summed E-state index contributed by atoms with van der Waals surface area (Å²) < 4.78 is 75.5. The van der Waals surface area contributed by atoms with Crippen LogP contribution in [0.25, 0.3) is 0 Å². The average molecular weight is 612 g/mol. The number of sulfonamides is 2. The highest BCUT2D eigenvalue weighted by Gasteiger charge is 2.27. The maximum absolute atomic E-state index is 13.6. The van der Waals surface area contributed by atoms with Gasteiger partial charge in [-0.1, -0.05) is 18.2 Å². The number of carbonyl (C=O) groups excluding carboxylic acids is 1. The van der Waals surface area contributed by atoms with E-state index in [1.165, 1.54) is 60.7 Å². The van der Waals surface area contributed by atoms with Crippen molar-refractivity contribution >= 4 is 43.0 Å². The van der Waals surface area contributed by atoms with Gasteiger partial charge in [-0.05, 0) is 105 Å². The Morgan fingerprint density at radius 1 is 0.810 bits per heavy atom. The van der Waals surface area contributed by atoms with E-state index in [0.717, 1.165) is 27.6 Å². The first-order valence-electron chi connectivity index (χ1n) is 12.9. The van der Waals surface area contributed by atoms with Crippen LogP contribution in [0.2, 0.25) is 0 Å². The van der Waals surface area contributed by atoms with Crippen molar-refractivity contribution in [1.29, 1.82) is 0 Å². The number of benzene rings is 4. The van der Waals surface area contributed by atoms with Gasteiger partial charge in [-0.15, -0.1) is 0 Å². The highest BCUT2D eigenvalue weighted by atomic mass is 32.2. The van der Waals surface area contributed by atoms with Gasteiger partial charge in [-0.2, -0.15) is 0 Å². The van der Waals surface area contributed by atoms with Crippen molar-refractivity contribution in [3.63, 3.8) is 0 Å². The van der Waals surface area contributed by atoms with E-state index < -0.39 is 38.3 Å². The molecule has 0 spiro atoms. The molecule has 0 heterocycles. The topological polar surface area (TPSA) is 122 Å². The van der Waals surface area contributed by atoms with Gasteiger partial charge >= 0.3 is 0 Å². The lowest BCUT2D eigenvalue weighted by Gasteiger charge is -2.24. The van der Waals surface area contributed by atoms with E-state index in [1.54, 1.807) is 32.9 Å². The molecule has 0 aliphatic carbocycles. The van der Waals surface area contributed by atoms with E-state index in [9.17, 15) is 26.0 Å². The number of anilines is 3. The van der Waals surface area contributed by atoms with E-state index in [-0.39, 0.29) is 21.2 Å². The van der Waals surface area contributed by atoms with E-state index in [1.807, 2.05) is 6.07 Å². The number of hydrogen-bond donors (Lipinski definition) is 2. The standard InChI is InChI=1S/C30H30FN3O6S2/c1-4-40-26-14-18-28(19-15-26)42(38,39)34(25-12-8-23(31)9-13-25)20-29(35)32-24-10-16-27(17-11-24)41(36,37)33-30-21(2)6-5-7-22(30)3/h5-19,33H,4,20H2,1-3H3,(H,32,35). The normalized spacial score (nSPS) is 11.5. The summed E-state index contributed by atoms with van der Waals surface area (Å²) in [6.07, 6.45) is 0. The van der Waals surface area contributed by atoms with E-state index in [0.29, 0.717) is 18.0 Å². The molecule has 4 rings (SSSR count). The molecule has 2 N–H and O–H groups in total. The lowest BCUT2D eigenvalue weighted by atomic mass is 10.1. The van der Waals surface area contributed by atoms with Gasteiger partial charge in [0, 0.05) is 5.69 Å². The molecule has 4 aromatic rings. The first-order valence-corrected chi connectivity index (χ1v) is 15.8. The van der Waals surface area contributed by atoms with Crippen LogP contribution in [0.5, 0.6) is 5.75 Å². The number of halogens is 1. The highest BCUT2D eigenvalue weighted by Crippen LogP contribution is 2.27. The van der Waals surface area contributed by atoms with Crippen molar-refractivity contribution in [1.82, 2.24) is 0 Å². The summed E-state index contributed by atoms with van der Waals surface area (Å²) >= 11 is 0. The van der Waals surface area contributed by atoms with Crippen LogP contribution in [0.15, 0.2) is 101 Å². The van der Waals surface area contributed by atoms with Crippen molar-refractivity contribution in [3.8, 4) is 5.75 Å². The smallest absolute Gasteiger partial charge is 0.264 e. The van der Waals surface area contributed by atoms with E-state index in [4.69, 9.17) is 4.74 Å². The van der Waals surface area contributed by atoms with Crippen molar-refractivity contribution in [2.45, 2.75) is 30.6 Å². The number of nitrogens with zero attached hydrogens (tertiary/aromatic N) is 1. The summed E-state index contributed by atoms with van der Waals surface area (Å²) in [6, 6.07) is 21.4. The first-order chi connectivity index (χ1) is 19.9. The van der Waals surface area contributed by atoms with Crippen molar-refractivity contribution < 1.29 is 30.8 Å². The van der Waals surface area contributed by atoms with Crippen LogP contribution in [-0.4, -0.2) is 35.9 Å². The zero-order valence-corrected chi connectivity index (χ0v) is 24.8. The van der Waals surface area contributed by atoms with Gasteiger partial charge in [0.15, 0.2) is 0 Å². The van der Waals surface area contributed by atoms with Crippen molar-refractivity contribution in [2.75, 3.05) is 27.5 Å². The fourth-order valence-corrected chi connectivity index (χ4v) is 6.77. The molecule has 0 saturated carbocycles. The summed E-state index contributed by atoms with van der Waals surface area (Å²) in [7, 11) is -8.15. The molecule has 4 aromatic carbocycles. The predicted molar refractivity (Wildman–Crippen MR) is 160 cm³/mol. The van der Waals surface area contributed by atoms with Gasteiger partial charge < -0.3 is 10.1 Å². The number of para-hydroxylation sites is 1. The molecule has 0 aliphatic rings. The molecule has 0 bridgehead atoms. The predicted octanol–water partition coefficient (Wildman–Crippen LogP) is 5.48. The zero-order chi connectivity index (χ0) is 30.5. The Morgan fingerprint density at radius 2 is 1.38 bits per heavy atom. The van der Waals surface area contributed by atoms with Gasteiger partial charge in [0.25, 0.3) is 20.0 Å². The second kappa shape index (κ2) is 12.6. The maximum atomic E-state index is 13.6. The third kappa shape index (κ3) is 7.07. The van der Waals surface area contributed by atoms with Crippen LogP contribution < -0.4 is 19.1 Å². The van der Waals surface area contributed by atoms with E-state index in [2.05, 4.69) is 10.0 Å². The number of aryl methyl sites for hydroxylation is 2. The molecule has 1 amide bonds. The Balaban J connectivity index is 1.53. The summed E-state index contributed by atoms with van der Waals surface area (Å²) in [5.74, 6) is -0.779. The summed E-state index contributed by atoms with van der Waals surface area (Å²) in [5.41, 5.74) is 2.37. The fourth-order valence-electron chi connectivity index (χ4n) is 4.14. The van der Waals surface area contributed by atoms with Gasteiger partial charge in [-0.3, -0.25) is 13.8 Å². The van der Waals surface area contributed by atoms with Gasteiger partial charge in [-0.25, -0.2) is 21.2 Å². The number of nitrogens with one attached hydrogen (secondary N) is 2. The van der Waals surface area contributed by atoms with Crippen LogP contribution in [0.1, 0.15) is 18.1 Å². The molecule has 220 valence electrons. The maximum Gasteiger partial charge on any atom is 0.264 e. The Hall–Kier alpha value is -4.42. The number of hydrogen-bond acceptors (Lipinski definition) is 6. The van der Waals surface area contributed by atoms with Crippen molar-refractivity contribution in [2.24, 2.45) is 0 Å². The minimum Gasteiger partial charge on any atom is -0.494 e.